The summed E-state index contributed by atoms with van der Waals surface area (Å²) in [6.07, 6.45) is 1.87. The number of carbonyl (C=O) groups is 1. The molecule has 1 saturated heterocycles. The topological polar surface area (TPSA) is 61.6 Å². The van der Waals surface area contributed by atoms with E-state index >= 15 is 0 Å². The van der Waals surface area contributed by atoms with Gasteiger partial charge in [-0.05, 0) is 31.7 Å². The number of piperazine rings is 1. The summed E-state index contributed by atoms with van der Waals surface area (Å²) in [7, 11) is 0. The highest BCUT2D eigenvalue weighted by Crippen LogP contribution is 2.42. The van der Waals surface area contributed by atoms with Gasteiger partial charge in [0.1, 0.15) is 11.5 Å². The Morgan fingerprint density at radius 2 is 2.07 bits per heavy atom. The van der Waals surface area contributed by atoms with Gasteiger partial charge < -0.3 is 14.6 Å². The highest BCUT2D eigenvalue weighted by Gasteiger charge is 2.36. The van der Waals surface area contributed by atoms with E-state index in [9.17, 15) is 4.79 Å². The molecule has 2 aromatic rings. The number of aromatic nitrogens is 1. The van der Waals surface area contributed by atoms with Crippen LogP contribution in [0.15, 0.2) is 15.9 Å². The van der Waals surface area contributed by atoms with E-state index in [-0.39, 0.29) is 17.5 Å². The zero-order chi connectivity index (χ0) is 19.9. The van der Waals surface area contributed by atoms with Crippen molar-refractivity contribution in [3.63, 3.8) is 0 Å². The number of hydrogen-bond acceptors (Lipinski definition) is 5. The van der Waals surface area contributed by atoms with Crippen molar-refractivity contribution in [3.05, 3.63) is 39.2 Å². The third kappa shape index (κ3) is 4.25. The molecule has 0 radical (unpaired) electrons. The van der Waals surface area contributed by atoms with Crippen LogP contribution in [0.4, 0.5) is 4.79 Å². The van der Waals surface area contributed by atoms with E-state index in [1.807, 2.05) is 18.7 Å². The van der Waals surface area contributed by atoms with Crippen molar-refractivity contribution >= 4 is 17.4 Å². The minimum Gasteiger partial charge on any atom is -0.466 e. The van der Waals surface area contributed by atoms with Crippen molar-refractivity contribution in [1.82, 2.24) is 20.1 Å². The van der Waals surface area contributed by atoms with E-state index in [4.69, 9.17) is 4.42 Å². The normalized spacial score (nSPS) is 22.1. The predicted molar refractivity (Wildman–Crippen MR) is 111 cm³/mol. The minimum atomic E-state index is 0.0275. The summed E-state index contributed by atoms with van der Waals surface area (Å²) in [5.41, 5.74) is 2.41. The number of rotatable bonds is 3. The second-order valence-corrected chi connectivity index (χ2v) is 9.97. The molecule has 28 heavy (non-hydrogen) atoms. The SMILES string of the molecule is Cc1cc2c(o1)CC(C)(C)CC2NC(=O)N1CCN(Cc2csc(C)n2)CC1. The van der Waals surface area contributed by atoms with Crippen LogP contribution in [0, 0.1) is 19.3 Å². The Labute approximate surface area is 170 Å². The number of hydrogen-bond donors (Lipinski definition) is 1. The van der Waals surface area contributed by atoms with Crippen molar-refractivity contribution in [2.75, 3.05) is 26.2 Å². The van der Waals surface area contributed by atoms with Crippen LogP contribution in [0.5, 0.6) is 0 Å². The highest BCUT2D eigenvalue weighted by atomic mass is 32.1. The van der Waals surface area contributed by atoms with Crippen LogP contribution in [0.1, 0.15) is 54.1 Å². The maximum absolute atomic E-state index is 12.9. The predicted octanol–water partition coefficient (Wildman–Crippen LogP) is 3.89. The monoisotopic (exact) mass is 402 g/mol. The van der Waals surface area contributed by atoms with Gasteiger partial charge >= 0.3 is 6.03 Å². The Kier molecular flexibility index (Phi) is 5.22. The molecule has 4 rings (SSSR count). The standard InChI is InChI=1S/C21H30N4O2S/c1-14-9-17-18(10-21(3,4)11-19(17)27-14)23-20(26)25-7-5-24(6-8-25)12-16-13-28-15(2)22-16/h9,13,18H,5-8,10-12H2,1-4H3,(H,23,26). The molecule has 1 aliphatic heterocycles. The first kappa shape index (κ1) is 19.5. The fourth-order valence-electron chi connectivity index (χ4n) is 4.37. The van der Waals surface area contributed by atoms with Crippen molar-refractivity contribution < 1.29 is 9.21 Å². The first-order chi connectivity index (χ1) is 13.3. The molecule has 0 spiro atoms. The average molecular weight is 403 g/mol. The minimum absolute atomic E-state index is 0.0275. The number of aryl methyl sites for hydroxylation is 2. The summed E-state index contributed by atoms with van der Waals surface area (Å²) in [5, 5.41) is 6.52. The molecule has 0 saturated carbocycles. The Balaban J connectivity index is 1.34. The largest absolute Gasteiger partial charge is 0.466 e. The number of urea groups is 1. The zero-order valence-corrected chi connectivity index (χ0v) is 18.1. The summed E-state index contributed by atoms with van der Waals surface area (Å²) in [4.78, 5) is 21.8. The third-order valence-electron chi connectivity index (χ3n) is 5.75. The number of fused-ring (bicyclic) bond motifs is 1. The summed E-state index contributed by atoms with van der Waals surface area (Å²) in [6, 6.07) is 2.15. The van der Waals surface area contributed by atoms with E-state index in [1.165, 1.54) is 0 Å². The number of thiazole rings is 1. The van der Waals surface area contributed by atoms with Gasteiger partial charge in [-0.3, -0.25) is 4.90 Å². The van der Waals surface area contributed by atoms with Crippen LogP contribution >= 0.6 is 11.3 Å². The number of nitrogens with zero attached hydrogens (tertiary/aromatic N) is 3. The molecule has 0 aromatic carbocycles. The van der Waals surface area contributed by atoms with Crippen LogP contribution in [0.25, 0.3) is 0 Å². The Morgan fingerprint density at radius 1 is 1.32 bits per heavy atom. The average Bonchev–Trinajstić information content (AvgIpc) is 3.19. The molecule has 1 aliphatic carbocycles. The lowest BCUT2D eigenvalue weighted by molar-refractivity contribution is 0.129. The molecule has 2 aromatic heterocycles. The quantitative estimate of drug-likeness (QED) is 0.846. The van der Waals surface area contributed by atoms with Crippen LogP contribution in [0.2, 0.25) is 0 Å². The molecule has 3 heterocycles. The van der Waals surface area contributed by atoms with E-state index in [0.29, 0.717) is 0 Å². The van der Waals surface area contributed by atoms with E-state index in [0.717, 1.165) is 73.4 Å². The molecule has 2 aliphatic rings. The molecule has 7 heteroatoms. The van der Waals surface area contributed by atoms with Gasteiger partial charge in [0.25, 0.3) is 0 Å². The Morgan fingerprint density at radius 3 is 2.75 bits per heavy atom. The van der Waals surface area contributed by atoms with Crippen LogP contribution in [-0.4, -0.2) is 47.0 Å². The van der Waals surface area contributed by atoms with Gasteiger partial charge in [-0.25, -0.2) is 9.78 Å². The van der Waals surface area contributed by atoms with Gasteiger partial charge in [-0.15, -0.1) is 11.3 Å². The van der Waals surface area contributed by atoms with E-state index < -0.39 is 0 Å². The van der Waals surface area contributed by atoms with Crippen molar-refractivity contribution in [2.45, 2.75) is 53.1 Å². The molecular formula is C21H30N4O2S. The molecule has 1 N–H and O–H groups in total. The zero-order valence-electron chi connectivity index (χ0n) is 17.2. The van der Waals surface area contributed by atoms with Gasteiger partial charge in [0.2, 0.25) is 0 Å². The second-order valence-electron chi connectivity index (χ2n) is 8.90. The number of carbonyl (C=O) groups excluding carboxylic acids is 1. The van der Waals surface area contributed by atoms with E-state index in [2.05, 4.69) is 40.5 Å². The first-order valence-corrected chi connectivity index (χ1v) is 10.9. The molecular weight excluding hydrogens is 372 g/mol. The summed E-state index contributed by atoms with van der Waals surface area (Å²) >= 11 is 1.69. The highest BCUT2D eigenvalue weighted by molar-refractivity contribution is 7.09. The summed E-state index contributed by atoms with van der Waals surface area (Å²) in [5.74, 6) is 1.95. The molecule has 0 bridgehead atoms. The fraction of sp³-hybridized carbons (Fsp3) is 0.619. The maximum atomic E-state index is 12.9. The third-order valence-corrected chi connectivity index (χ3v) is 6.57. The molecule has 6 nitrogen and oxygen atoms in total. The molecule has 1 atom stereocenters. The van der Waals surface area contributed by atoms with Crippen LogP contribution < -0.4 is 5.32 Å². The maximum Gasteiger partial charge on any atom is 0.317 e. The second kappa shape index (κ2) is 7.52. The van der Waals surface area contributed by atoms with Crippen molar-refractivity contribution in [1.29, 1.82) is 0 Å². The smallest absolute Gasteiger partial charge is 0.317 e. The molecule has 152 valence electrons. The van der Waals surface area contributed by atoms with Gasteiger partial charge in [-0.2, -0.15) is 0 Å². The number of nitrogens with one attached hydrogen (secondary N) is 1. The fourth-order valence-corrected chi connectivity index (χ4v) is 4.98. The van der Waals surface area contributed by atoms with Gasteiger partial charge in [0, 0.05) is 50.1 Å². The van der Waals surface area contributed by atoms with Gasteiger partial charge in [-0.1, -0.05) is 13.8 Å². The van der Waals surface area contributed by atoms with Crippen molar-refractivity contribution in [3.8, 4) is 0 Å². The molecule has 1 fully saturated rings. The number of furan rings is 1. The summed E-state index contributed by atoms with van der Waals surface area (Å²) < 4.78 is 5.89. The van der Waals surface area contributed by atoms with Gasteiger partial charge in [0.05, 0.1) is 16.7 Å². The van der Waals surface area contributed by atoms with Crippen LogP contribution in [-0.2, 0) is 13.0 Å². The number of amides is 2. The first-order valence-electron chi connectivity index (χ1n) is 10.1. The lowest BCUT2D eigenvalue weighted by Crippen LogP contribution is -2.52. The van der Waals surface area contributed by atoms with Gasteiger partial charge in [0.15, 0.2) is 0 Å². The van der Waals surface area contributed by atoms with Crippen molar-refractivity contribution in [2.24, 2.45) is 5.41 Å². The van der Waals surface area contributed by atoms with Crippen LogP contribution in [0.3, 0.4) is 0 Å². The summed E-state index contributed by atoms with van der Waals surface area (Å²) in [6.45, 7) is 12.6. The lowest BCUT2D eigenvalue weighted by atomic mass is 9.75. The molecule has 1 unspecified atom stereocenters. The van der Waals surface area contributed by atoms with E-state index in [1.54, 1.807) is 11.3 Å². The lowest BCUT2D eigenvalue weighted by Gasteiger charge is -2.38. The Bertz CT molecular complexity index is 848. The molecule has 2 amide bonds. The Hall–Kier alpha value is -1.86.